The maximum absolute atomic E-state index is 13.0. The molecule has 0 amide bonds. The summed E-state index contributed by atoms with van der Waals surface area (Å²) < 4.78 is 60.6. The predicted molar refractivity (Wildman–Crippen MR) is 197 cm³/mol. The Bertz CT molecular complexity index is 1910. The SMILES string of the molecule is C=C(C)C(=O)Oc1c(OC)c(OC)c(C2(c3c(OC)c(OC)c(OC(=O)C(=C)C)c(OC)c3OC)c3ccccc3-c3ccccc32)c(OC)c1OC. The van der Waals surface area contributed by atoms with Gasteiger partial charge in [-0.25, -0.2) is 9.59 Å². The van der Waals surface area contributed by atoms with E-state index in [1.54, 1.807) is 0 Å². The van der Waals surface area contributed by atoms with Gasteiger partial charge in [0.25, 0.3) is 0 Å². The highest BCUT2D eigenvalue weighted by molar-refractivity contribution is 5.95. The van der Waals surface area contributed by atoms with E-state index in [9.17, 15) is 9.59 Å². The Balaban J connectivity index is 2.18. The first-order valence-electron chi connectivity index (χ1n) is 16.2. The molecule has 12 nitrogen and oxygen atoms in total. The highest BCUT2D eigenvalue weighted by Gasteiger charge is 2.56. The molecule has 0 bridgehead atoms. The van der Waals surface area contributed by atoms with Crippen LogP contribution < -0.4 is 47.4 Å². The molecule has 0 N–H and O–H groups in total. The summed E-state index contributed by atoms with van der Waals surface area (Å²) in [6, 6.07) is 15.5. The molecule has 0 saturated heterocycles. The quantitative estimate of drug-likeness (QED) is 0.0659. The second-order valence-corrected chi connectivity index (χ2v) is 11.9. The van der Waals surface area contributed by atoms with Gasteiger partial charge in [0.1, 0.15) is 0 Å². The molecule has 0 atom stereocenters. The average molecular weight is 727 g/mol. The smallest absolute Gasteiger partial charge is 0.338 e. The molecule has 0 aromatic heterocycles. The van der Waals surface area contributed by atoms with E-state index in [0.717, 1.165) is 22.3 Å². The molecule has 4 aromatic carbocycles. The van der Waals surface area contributed by atoms with Gasteiger partial charge in [-0.15, -0.1) is 0 Å². The molecule has 0 aliphatic heterocycles. The van der Waals surface area contributed by atoms with Gasteiger partial charge in [-0.2, -0.15) is 0 Å². The molecule has 0 unspecified atom stereocenters. The summed E-state index contributed by atoms with van der Waals surface area (Å²) >= 11 is 0. The van der Waals surface area contributed by atoms with Crippen LogP contribution in [0.3, 0.4) is 0 Å². The van der Waals surface area contributed by atoms with Gasteiger partial charge in [0, 0.05) is 11.1 Å². The molecule has 0 radical (unpaired) electrons. The van der Waals surface area contributed by atoms with E-state index in [0.29, 0.717) is 11.1 Å². The van der Waals surface area contributed by atoms with Crippen LogP contribution in [0.25, 0.3) is 11.1 Å². The van der Waals surface area contributed by atoms with E-state index < -0.39 is 17.4 Å². The van der Waals surface area contributed by atoms with Gasteiger partial charge in [0.2, 0.25) is 34.5 Å². The summed E-state index contributed by atoms with van der Waals surface area (Å²) in [6.07, 6.45) is 0. The van der Waals surface area contributed by atoms with Gasteiger partial charge in [-0.3, -0.25) is 0 Å². The standard InChI is InChI=1S/C41H42O12/c1-21(2)39(42)52-37-33(48-9)29(44-5)27(30(45-6)34(37)49-10)41(25-19-15-13-17-23(25)24-18-14-16-20-26(24)41)28-31(46-7)35(50-11)38(53-40(43)22(3)4)36(51-12)32(28)47-8/h13-20H,1,3H2,2,4-12H3. The Labute approximate surface area is 308 Å². The lowest BCUT2D eigenvalue weighted by atomic mass is 9.65. The van der Waals surface area contributed by atoms with Crippen molar-refractivity contribution in [2.45, 2.75) is 19.3 Å². The average Bonchev–Trinajstić information content (AvgIpc) is 3.46. The summed E-state index contributed by atoms with van der Waals surface area (Å²) in [5.41, 5.74) is 2.58. The van der Waals surface area contributed by atoms with Crippen molar-refractivity contribution >= 4 is 11.9 Å². The van der Waals surface area contributed by atoms with Crippen LogP contribution in [0.15, 0.2) is 72.8 Å². The molecule has 1 aliphatic rings. The number of benzene rings is 4. The number of carbonyl (C=O) groups is 2. The number of fused-ring (bicyclic) bond motifs is 3. The number of hydrogen-bond donors (Lipinski definition) is 0. The van der Waals surface area contributed by atoms with Crippen molar-refractivity contribution in [2.75, 3.05) is 56.9 Å². The van der Waals surface area contributed by atoms with Gasteiger partial charge in [0.05, 0.1) is 73.4 Å². The normalized spacial score (nSPS) is 12.0. The third-order valence-corrected chi connectivity index (χ3v) is 8.98. The fourth-order valence-corrected chi connectivity index (χ4v) is 6.92. The molecule has 278 valence electrons. The zero-order chi connectivity index (χ0) is 38.8. The molecular formula is C41H42O12. The number of carbonyl (C=O) groups excluding carboxylic acids is 2. The highest BCUT2D eigenvalue weighted by Crippen LogP contribution is 2.70. The van der Waals surface area contributed by atoms with Crippen LogP contribution in [0, 0.1) is 0 Å². The van der Waals surface area contributed by atoms with E-state index in [1.165, 1.54) is 70.7 Å². The van der Waals surface area contributed by atoms with Gasteiger partial charge in [-0.1, -0.05) is 61.7 Å². The Kier molecular flexibility index (Phi) is 10.8. The molecule has 5 rings (SSSR count). The molecule has 0 saturated carbocycles. The van der Waals surface area contributed by atoms with Crippen LogP contribution in [0.4, 0.5) is 0 Å². The van der Waals surface area contributed by atoms with Crippen molar-refractivity contribution in [3.8, 4) is 68.6 Å². The lowest BCUT2D eigenvalue weighted by molar-refractivity contribution is -0.131. The second-order valence-electron chi connectivity index (χ2n) is 11.9. The zero-order valence-electron chi connectivity index (χ0n) is 31.4. The van der Waals surface area contributed by atoms with Crippen molar-refractivity contribution in [3.63, 3.8) is 0 Å². The summed E-state index contributed by atoms with van der Waals surface area (Å²) in [6.45, 7) is 10.5. The fourth-order valence-electron chi connectivity index (χ4n) is 6.92. The maximum Gasteiger partial charge on any atom is 0.338 e. The Morgan fingerprint density at radius 3 is 0.943 bits per heavy atom. The van der Waals surface area contributed by atoms with Gasteiger partial charge in [0.15, 0.2) is 23.0 Å². The summed E-state index contributed by atoms with van der Waals surface area (Å²) in [5, 5.41) is 0. The number of ether oxygens (including phenoxy) is 10. The fraction of sp³-hybridized carbons (Fsp3) is 0.268. The monoisotopic (exact) mass is 726 g/mol. The second kappa shape index (κ2) is 15.1. The minimum absolute atomic E-state index is 0.0138. The highest BCUT2D eigenvalue weighted by atomic mass is 16.6. The van der Waals surface area contributed by atoms with Crippen LogP contribution in [-0.2, 0) is 15.0 Å². The van der Waals surface area contributed by atoms with E-state index in [-0.39, 0.29) is 68.6 Å². The molecular weight excluding hydrogens is 684 g/mol. The molecule has 1 aliphatic carbocycles. The number of methoxy groups -OCH3 is 8. The molecule has 12 heteroatoms. The topological polar surface area (TPSA) is 126 Å². The van der Waals surface area contributed by atoms with Crippen LogP contribution in [0.1, 0.15) is 36.1 Å². The number of esters is 2. The van der Waals surface area contributed by atoms with E-state index >= 15 is 0 Å². The van der Waals surface area contributed by atoms with Crippen LogP contribution >= 0.6 is 0 Å². The summed E-state index contributed by atoms with van der Waals surface area (Å²) in [7, 11) is 11.4. The first kappa shape index (κ1) is 37.9. The van der Waals surface area contributed by atoms with Crippen molar-refractivity contribution in [1.29, 1.82) is 0 Å². The predicted octanol–water partition coefficient (Wildman–Crippen LogP) is 7.08. The van der Waals surface area contributed by atoms with Crippen LogP contribution in [0.5, 0.6) is 57.5 Å². The molecule has 0 heterocycles. The molecule has 0 spiro atoms. The Morgan fingerprint density at radius 2 is 0.698 bits per heavy atom. The maximum atomic E-state index is 13.0. The summed E-state index contributed by atoms with van der Waals surface area (Å²) in [5.74, 6) is -1.18. The summed E-state index contributed by atoms with van der Waals surface area (Å²) in [4.78, 5) is 26.1. The van der Waals surface area contributed by atoms with E-state index in [2.05, 4.69) is 13.2 Å². The van der Waals surface area contributed by atoms with Crippen molar-refractivity contribution in [2.24, 2.45) is 0 Å². The minimum atomic E-state index is -1.52. The third kappa shape index (κ3) is 5.70. The van der Waals surface area contributed by atoms with Crippen molar-refractivity contribution in [3.05, 3.63) is 95.1 Å². The Morgan fingerprint density at radius 1 is 0.434 bits per heavy atom. The lowest BCUT2D eigenvalue weighted by Gasteiger charge is -2.39. The number of hydrogen-bond acceptors (Lipinski definition) is 12. The zero-order valence-corrected chi connectivity index (χ0v) is 31.4. The largest absolute Gasteiger partial charge is 0.492 e. The van der Waals surface area contributed by atoms with Crippen molar-refractivity contribution in [1.82, 2.24) is 0 Å². The first-order valence-corrected chi connectivity index (χ1v) is 16.2. The van der Waals surface area contributed by atoms with Crippen LogP contribution in [-0.4, -0.2) is 68.8 Å². The Hall–Kier alpha value is -6.30. The molecule has 53 heavy (non-hydrogen) atoms. The van der Waals surface area contributed by atoms with Gasteiger partial charge in [-0.05, 0) is 36.1 Å². The van der Waals surface area contributed by atoms with Gasteiger partial charge < -0.3 is 47.4 Å². The first-order chi connectivity index (χ1) is 25.5. The van der Waals surface area contributed by atoms with Crippen molar-refractivity contribution < 1.29 is 57.0 Å². The van der Waals surface area contributed by atoms with E-state index in [4.69, 9.17) is 47.4 Å². The minimum Gasteiger partial charge on any atom is -0.492 e. The third-order valence-electron chi connectivity index (χ3n) is 8.98. The number of rotatable bonds is 14. The molecule has 0 fully saturated rings. The lowest BCUT2D eigenvalue weighted by Crippen LogP contribution is -2.32. The molecule has 4 aromatic rings. The van der Waals surface area contributed by atoms with Gasteiger partial charge >= 0.3 is 11.9 Å². The van der Waals surface area contributed by atoms with E-state index in [1.807, 2.05) is 48.5 Å². The van der Waals surface area contributed by atoms with Crippen LogP contribution in [0.2, 0.25) is 0 Å².